The van der Waals surface area contributed by atoms with Crippen LogP contribution in [0.1, 0.15) is 30.5 Å². The van der Waals surface area contributed by atoms with Gasteiger partial charge in [0, 0.05) is 20.6 Å². The first-order valence-electron chi connectivity index (χ1n) is 6.23. The van der Waals surface area contributed by atoms with E-state index in [1.807, 2.05) is 0 Å². The molecule has 0 saturated carbocycles. The number of nitrogens with zero attached hydrogens (tertiary/aromatic N) is 1. The number of likely N-dealkylation sites (N-methyl/N-ethyl adjacent to an activating group) is 1. The molecule has 0 aliphatic rings. The van der Waals surface area contributed by atoms with Crippen molar-refractivity contribution in [3.8, 4) is 0 Å². The molecular weight excluding hydrogens is 271 g/mol. The number of halogens is 3. The fraction of sp³-hybridized carbons (Fsp3) is 0.500. The summed E-state index contributed by atoms with van der Waals surface area (Å²) in [4.78, 5) is 13.1. The monoisotopic (exact) mass is 289 g/mol. The van der Waals surface area contributed by atoms with Crippen molar-refractivity contribution in [2.75, 3.05) is 20.8 Å². The minimum Gasteiger partial charge on any atom is -0.382 e. The maximum absolute atomic E-state index is 12.7. The third-order valence-corrected chi connectivity index (χ3v) is 3.09. The Labute approximate surface area is 116 Å². The number of rotatable bonds is 5. The molecule has 1 atom stereocenters. The highest BCUT2D eigenvalue weighted by atomic mass is 19.4. The van der Waals surface area contributed by atoms with Crippen molar-refractivity contribution >= 4 is 5.91 Å². The second-order valence-electron chi connectivity index (χ2n) is 4.45. The maximum Gasteiger partial charge on any atom is 0.416 e. The number of amides is 1. The van der Waals surface area contributed by atoms with Crippen molar-refractivity contribution in [2.45, 2.75) is 25.6 Å². The summed E-state index contributed by atoms with van der Waals surface area (Å²) < 4.78 is 43.2. The average Bonchev–Trinajstić information content (AvgIpc) is 2.42. The Morgan fingerprint density at radius 2 is 2.05 bits per heavy atom. The van der Waals surface area contributed by atoms with Crippen LogP contribution < -0.4 is 0 Å². The summed E-state index contributed by atoms with van der Waals surface area (Å²) >= 11 is 0. The predicted molar refractivity (Wildman–Crippen MR) is 69.1 cm³/mol. The van der Waals surface area contributed by atoms with Crippen molar-refractivity contribution < 1.29 is 22.7 Å². The lowest BCUT2D eigenvalue weighted by Gasteiger charge is -2.28. The maximum atomic E-state index is 12.7. The Balaban J connectivity index is 3.12. The molecule has 3 nitrogen and oxygen atoms in total. The Hall–Kier alpha value is -1.56. The molecule has 0 heterocycles. The quantitative estimate of drug-likeness (QED) is 0.832. The van der Waals surface area contributed by atoms with Gasteiger partial charge in [0.05, 0.1) is 18.2 Å². The van der Waals surface area contributed by atoms with Gasteiger partial charge in [-0.3, -0.25) is 4.79 Å². The van der Waals surface area contributed by atoms with Crippen molar-refractivity contribution in [3.05, 3.63) is 35.4 Å². The molecule has 0 N–H and O–H groups in total. The van der Waals surface area contributed by atoms with Crippen molar-refractivity contribution in [1.29, 1.82) is 0 Å². The van der Waals surface area contributed by atoms with Crippen LogP contribution in [0.15, 0.2) is 24.3 Å². The molecule has 1 aromatic carbocycles. The molecule has 6 heteroatoms. The molecule has 0 saturated heterocycles. The van der Waals surface area contributed by atoms with E-state index in [2.05, 4.69) is 0 Å². The smallest absolute Gasteiger partial charge is 0.382 e. The molecule has 0 aliphatic heterocycles. The SMILES string of the molecule is CCC(=O)N(C)C(COC)c1cccc(C(F)(F)F)c1. The molecule has 0 spiro atoms. The van der Waals surface area contributed by atoms with E-state index in [0.717, 1.165) is 12.1 Å². The number of hydrogen-bond donors (Lipinski definition) is 0. The summed E-state index contributed by atoms with van der Waals surface area (Å²) in [5.74, 6) is -0.149. The van der Waals surface area contributed by atoms with Gasteiger partial charge in [0.25, 0.3) is 0 Å². The van der Waals surface area contributed by atoms with Gasteiger partial charge in [-0.25, -0.2) is 0 Å². The summed E-state index contributed by atoms with van der Waals surface area (Å²) in [6.07, 6.45) is -4.11. The van der Waals surface area contributed by atoms with Gasteiger partial charge < -0.3 is 9.64 Å². The Bertz CT molecular complexity index is 460. The van der Waals surface area contributed by atoms with Gasteiger partial charge >= 0.3 is 6.18 Å². The lowest BCUT2D eigenvalue weighted by molar-refractivity contribution is -0.137. The van der Waals surface area contributed by atoms with Crippen LogP contribution in [0, 0.1) is 0 Å². The van der Waals surface area contributed by atoms with E-state index < -0.39 is 17.8 Å². The summed E-state index contributed by atoms with van der Waals surface area (Å²) in [6, 6.07) is 4.44. The number of alkyl halides is 3. The van der Waals surface area contributed by atoms with Gasteiger partial charge in [0.2, 0.25) is 5.91 Å². The zero-order valence-corrected chi connectivity index (χ0v) is 11.7. The topological polar surface area (TPSA) is 29.5 Å². The fourth-order valence-electron chi connectivity index (χ4n) is 1.93. The van der Waals surface area contributed by atoms with Crippen LogP contribution >= 0.6 is 0 Å². The third kappa shape index (κ3) is 3.96. The molecule has 1 amide bonds. The Morgan fingerprint density at radius 1 is 1.40 bits per heavy atom. The molecule has 112 valence electrons. The first-order valence-corrected chi connectivity index (χ1v) is 6.23. The van der Waals surface area contributed by atoms with Gasteiger partial charge in [0.1, 0.15) is 0 Å². The molecule has 0 aliphatic carbocycles. The number of benzene rings is 1. The summed E-state index contributed by atoms with van der Waals surface area (Å²) in [5.41, 5.74) is -0.320. The standard InChI is InChI=1S/C14H18F3NO2/c1-4-13(19)18(2)12(9-20-3)10-6-5-7-11(8-10)14(15,16)17/h5-8,12H,4,9H2,1-3H3. The van der Waals surface area contributed by atoms with E-state index >= 15 is 0 Å². The Morgan fingerprint density at radius 3 is 2.55 bits per heavy atom. The van der Waals surface area contributed by atoms with Crippen molar-refractivity contribution in [2.24, 2.45) is 0 Å². The number of hydrogen-bond acceptors (Lipinski definition) is 2. The Kier molecular flexibility index (Phi) is 5.56. The molecule has 1 rings (SSSR count). The van der Waals surface area contributed by atoms with E-state index in [1.165, 1.54) is 18.1 Å². The van der Waals surface area contributed by atoms with Gasteiger partial charge in [-0.15, -0.1) is 0 Å². The van der Waals surface area contributed by atoms with Crippen LogP contribution in [0.25, 0.3) is 0 Å². The van der Waals surface area contributed by atoms with Gasteiger partial charge in [-0.05, 0) is 17.7 Å². The van der Waals surface area contributed by atoms with Crippen LogP contribution in [0.5, 0.6) is 0 Å². The molecule has 0 aromatic heterocycles. The largest absolute Gasteiger partial charge is 0.416 e. The first-order chi connectivity index (χ1) is 9.31. The van der Waals surface area contributed by atoms with E-state index in [0.29, 0.717) is 5.56 Å². The van der Waals surface area contributed by atoms with Crippen molar-refractivity contribution in [3.63, 3.8) is 0 Å². The van der Waals surface area contributed by atoms with E-state index in [4.69, 9.17) is 4.74 Å². The lowest BCUT2D eigenvalue weighted by Crippen LogP contribution is -2.33. The number of carbonyl (C=O) groups is 1. The zero-order chi connectivity index (χ0) is 15.3. The highest BCUT2D eigenvalue weighted by Crippen LogP contribution is 2.31. The van der Waals surface area contributed by atoms with Crippen LogP contribution in [-0.4, -0.2) is 31.6 Å². The number of ether oxygens (including phenoxy) is 1. The number of methoxy groups -OCH3 is 1. The molecule has 1 unspecified atom stereocenters. The summed E-state index contributed by atoms with van der Waals surface area (Å²) in [6.45, 7) is 1.85. The molecule has 0 bridgehead atoms. The van der Waals surface area contributed by atoms with Crippen LogP contribution in [0.2, 0.25) is 0 Å². The van der Waals surface area contributed by atoms with Gasteiger partial charge in [-0.2, -0.15) is 13.2 Å². The summed E-state index contributed by atoms with van der Waals surface area (Å²) in [5, 5.41) is 0. The molecular formula is C14H18F3NO2. The molecule has 0 radical (unpaired) electrons. The van der Waals surface area contributed by atoms with Crippen molar-refractivity contribution in [1.82, 2.24) is 4.90 Å². The minimum absolute atomic E-state index is 0.142. The second kappa shape index (κ2) is 6.74. The normalized spacial score (nSPS) is 13.1. The molecule has 20 heavy (non-hydrogen) atoms. The van der Waals surface area contributed by atoms with Crippen LogP contribution in [0.3, 0.4) is 0 Å². The average molecular weight is 289 g/mol. The minimum atomic E-state index is -4.40. The zero-order valence-electron chi connectivity index (χ0n) is 11.7. The van der Waals surface area contributed by atoms with Crippen LogP contribution in [0.4, 0.5) is 13.2 Å². The highest BCUT2D eigenvalue weighted by Gasteiger charge is 2.31. The lowest BCUT2D eigenvalue weighted by atomic mass is 10.0. The first kappa shape index (κ1) is 16.5. The van der Waals surface area contributed by atoms with E-state index in [9.17, 15) is 18.0 Å². The third-order valence-electron chi connectivity index (χ3n) is 3.09. The van der Waals surface area contributed by atoms with Crippen LogP contribution in [-0.2, 0) is 15.7 Å². The fourth-order valence-corrected chi connectivity index (χ4v) is 1.93. The van der Waals surface area contributed by atoms with Gasteiger partial charge in [-0.1, -0.05) is 19.1 Å². The number of carbonyl (C=O) groups excluding carboxylic acids is 1. The van der Waals surface area contributed by atoms with E-state index in [-0.39, 0.29) is 18.9 Å². The van der Waals surface area contributed by atoms with Gasteiger partial charge in [0.15, 0.2) is 0 Å². The van der Waals surface area contributed by atoms with E-state index in [1.54, 1.807) is 20.0 Å². The highest BCUT2D eigenvalue weighted by molar-refractivity contribution is 5.76. The second-order valence-corrected chi connectivity index (χ2v) is 4.45. The molecule has 0 fully saturated rings. The predicted octanol–water partition coefficient (Wildman–Crippen LogP) is 3.26. The summed E-state index contributed by atoms with van der Waals surface area (Å²) in [7, 11) is 3.01. The molecule has 1 aromatic rings.